The Labute approximate surface area is 148 Å². The molecule has 0 radical (unpaired) electrons. The molecule has 0 amide bonds. The number of aryl methyl sites for hydroxylation is 2. The Hall–Kier alpha value is -2.94. The van der Waals surface area contributed by atoms with Crippen molar-refractivity contribution in [2.45, 2.75) is 19.9 Å². The van der Waals surface area contributed by atoms with Gasteiger partial charge in [0.25, 0.3) is 0 Å². The van der Waals surface area contributed by atoms with Crippen LogP contribution < -0.4 is 0 Å². The first-order valence-electron chi connectivity index (χ1n) is 8.52. The fraction of sp³-hybridized carbons (Fsp3) is 0.182. The van der Waals surface area contributed by atoms with Crippen molar-refractivity contribution >= 4 is 5.90 Å². The normalized spacial score (nSPS) is 16.4. The smallest absolute Gasteiger partial charge is 0.236 e. The van der Waals surface area contributed by atoms with Gasteiger partial charge in [0.05, 0.1) is 5.69 Å². The van der Waals surface area contributed by atoms with Crippen LogP contribution in [0.25, 0.3) is 11.3 Å². The minimum Gasteiger partial charge on any atom is -0.474 e. The molecule has 3 nitrogen and oxygen atoms in total. The molecule has 0 fully saturated rings. The quantitative estimate of drug-likeness (QED) is 0.686. The zero-order chi connectivity index (χ0) is 17.2. The molecule has 0 spiro atoms. The summed E-state index contributed by atoms with van der Waals surface area (Å²) in [6.45, 7) is 4.80. The monoisotopic (exact) mass is 328 g/mol. The van der Waals surface area contributed by atoms with Gasteiger partial charge in [-0.05, 0) is 42.7 Å². The highest BCUT2D eigenvalue weighted by atomic mass is 16.5. The summed E-state index contributed by atoms with van der Waals surface area (Å²) in [6, 6.07) is 22.6. The van der Waals surface area contributed by atoms with Crippen molar-refractivity contribution in [1.82, 2.24) is 4.98 Å². The molecule has 4 rings (SSSR count). The number of aromatic nitrogens is 1. The van der Waals surface area contributed by atoms with E-state index in [-0.39, 0.29) is 6.04 Å². The van der Waals surface area contributed by atoms with Gasteiger partial charge in [0, 0.05) is 5.56 Å². The second-order valence-corrected chi connectivity index (χ2v) is 6.35. The van der Waals surface area contributed by atoms with Gasteiger partial charge >= 0.3 is 0 Å². The molecule has 2 aromatic carbocycles. The number of ether oxygens (including phenoxy) is 1. The van der Waals surface area contributed by atoms with Gasteiger partial charge in [0.15, 0.2) is 0 Å². The summed E-state index contributed by atoms with van der Waals surface area (Å²) in [6.07, 6.45) is 0. The van der Waals surface area contributed by atoms with Gasteiger partial charge in [0.1, 0.15) is 18.3 Å². The first kappa shape index (κ1) is 15.6. The van der Waals surface area contributed by atoms with E-state index in [0.29, 0.717) is 12.5 Å². The Bertz CT molecular complexity index is 912. The van der Waals surface area contributed by atoms with E-state index in [1.807, 2.05) is 36.4 Å². The second-order valence-electron chi connectivity index (χ2n) is 6.35. The fourth-order valence-corrected chi connectivity index (χ4v) is 3.27. The van der Waals surface area contributed by atoms with Crippen molar-refractivity contribution in [3.8, 4) is 11.3 Å². The molecule has 3 heteroatoms. The van der Waals surface area contributed by atoms with E-state index in [1.54, 1.807) is 0 Å². The number of hydrogen-bond acceptors (Lipinski definition) is 3. The summed E-state index contributed by atoms with van der Waals surface area (Å²) in [5, 5.41) is 0. The largest absolute Gasteiger partial charge is 0.474 e. The highest BCUT2D eigenvalue weighted by molar-refractivity contribution is 5.94. The van der Waals surface area contributed by atoms with E-state index in [0.717, 1.165) is 11.4 Å². The highest BCUT2D eigenvalue weighted by Gasteiger charge is 2.22. The first-order chi connectivity index (χ1) is 12.2. The Morgan fingerprint density at radius 3 is 2.24 bits per heavy atom. The van der Waals surface area contributed by atoms with Crippen LogP contribution in [0.5, 0.6) is 0 Å². The van der Waals surface area contributed by atoms with Crippen molar-refractivity contribution in [1.29, 1.82) is 0 Å². The summed E-state index contributed by atoms with van der Waals surface area (Å²) in [5.74, 6) is 0.627. The number of aliphatic imine (C=N–C) groups is 1. The zero-order valence-corrected chi connectivity index (χ0v) is 14.4. The summed E-state index contributed by atoms with van der Waals surface area (Å²) < 4.78 is 5.84. The fourth-order valence-electron chi connectivity index (χ4n) is 3.27. The van der Waals surface area contributed by atoms with E-state index in [9.17, 15) is 0 Å². The number of pyridine rings is 1. The third kappa shape index (κ3) is 3.05. The molecule has 0 aliphatic carbocycles. The molecule has 25 heavy (non-hydrogen) atoms. The lowest BCUT2D eigenvalue weighted by Crippen LogP contribution is -2.05. The van der Waals surface area contributed by atoms with E-state index >= 15 is 0 Å². The Kier molecular flexibility index (Phi) is 4.06. The lowest BCUT2D eigenvalue weighted by atomic mass is 9.99. The van der Waals surface area contributed by atoms with Gasteiger partial charge in [-0.2, -0.15) is 0 Å². The zero-order valence-electron chi connectivity index (χ0n) is 14.4. The molecular weight excluding hydrogens is 308 g/mol. The first-order valence-corrected chi connectivity index (χ1v) is 8.52. The van der Waals surface area contributed by atoms with Gasteiger partial charge in [-0.25, -0.2) is 9.98 Å². The van der Waals surface area contributed by atoms with Gasteiger partial charge in [0.2, 0.25) is 5.90 Å². The second kappa shape index (κ2) is 6.52. The van der Waals surface area contributed by atoms with E-state index in [4.69, 9.17) is 14.7 Å². The maximum Gasteiger partial charge on any atom is 0.236 e. The third-order valence-electron chi connectivity index (χ3n) is 4.54. The van der Waals surface area contributed by atoms with Crippen LogP contribution in [0.4, 0.5) is 0 Å². The average Bonchev–Trinajstić information content (AvgIpc) is 3.13. The van der Waals surface area contributed by atoms with Crippen LogP contribution in [0.3, 0.4) is 0 Å². The van der Waals surface area contributed by atoms with Gasteiger partial charge in [-0.1, -0.05) is 54.6 Å². The van der Waals surface area contributed by atoms with Crippen LogP contribution in [-0.4, -0.2) is 17.5 Å². The molecule has 3 aromatic rings. The van der Waals surface area contributed by atoms with Crippen molar-refractivity contribution in [3.05, 3.63) is 89.1 Å². The molecule has 124 valence electrons. The summed E-state index contributed by atoms with van der Waals surface area (Å²) in [4.78, 5) is 9.56. The number of benzene rings is 2. The van der Waals surface area contributed by atoms with Crippen molar-refractivity contribution < 1.29 is 4.74 Å². The van der Waals surface area contributed by atoms with Crippen LogP contribution in [0.1, 0.15) is 28.4 Å². The summed E-state index contributed by atoms with van der Waals surface area (Å²) in [5.41, 5.74) is 6.55. The molecule has 1 atom stereocenters. The van der Waals surface area contributed by atoms with Gasteiger partial charge < -0.3 is 4.74 Å². The summed E-state index contributed by atoms with van der Waals surface area (Å²) in [7, 11) is 0. The lowest BCUT2D eigenvalue weighted by Gasteiger charge is -2.10. The Morgan fingerprint density at radius 1 is 0.800 bits per heavy atom. The SMILES string of the molecule is Cc1cccc(C)c1-c1cccc(C2=N[C@H](c3ccccc3)CO2)n1. The van der Waals surface area contributed by atoms with Crippen LogP contribution in [0, 0.1) is 13.8 Å². The Balaban J connectivity index is 1.69. The van der Waals surface area contributed by atoms with Crippen molar-refractivity contribution in [3.63, 3.8) is 0 Å². The third-order valence-corrected chi connectivity index (χ3v) is 4.54. The molecule has 0 N–H and O–H groups in total. The molecule has 1 aliphatic rings. The van der Waals surface area contributed by atoms with Crippen molar-refractivity contribution in [2.24, 2.45) is 4.99 Å². The lowest BCUT2D eigenvalue weighted by molar-refractivity contribution is 0.319. The minimum absolute atomic E-state index is 0.0434. The van der Waals surface area contributed by atoms with E-state index < -0.39 is 0 Å². The van der Waals surface area contributed by atoms with Crippen LogP contribution in [0.2, 0.25) is 0 Å². The topological polar surface area (TPSA) is 34.5 Å². The molecule has 1 aromatic heterocycles. The van der Waals surface area contributed by atoms with Gasteiger partial charge in [-0.15, -0.1) is 0 Å². The molecule has 0 bridgehead atoms. The van der Waals surface area contributed by atoms with Crippen molar-refractivity contribution in [2.75, 3.05) is 6.61 Å². The van der Waals surface area contributed by atoms with E-state index in [1.165, 1.54) is 22.3 Å². The average molecular weight is 328 g/mol. The minimum atomic E-state index is 0.0434. The molecule has 0 unspecified atom stereocenters. The van der Waals surface area contributed by atoms with Crippen LogP contribution >= 0.6 is 0 Å². The van der Waals surface area contributed by atoms with E-state index in [2.05, 4.69) is 44.2 Å². The predicted molar refractivity (Wildman–Crippen MR) is 101 cm³/mol. The number of rotatable bonds is 3. The molecule has 2 heterocycles. The standard InChI is InChI=1S/C22H20N2O/c1-15-8-6-9-16(2)21(15)18-12-7-13-19(23-18)22-24-20(14-25-22)17-10-4-3-5-11-17/h3-13,20H,14H2,1-2H3/t20-/m0/s1. The number of hydrogen-bond donors (Lipinski definition) is 0. The molecule has 0 saturated carbocycles. The Morgan fingerprint density at radius 2 is 1.48 bits per heavy atom. The molecule has 1 aliphatic heterocycles. The summed E-state index contributed by atoms with van der Waals surface area (Å²) >= 11 is 0. The van der Waals surface area contributed by atoms with Crippen LogP contribution in [0.15, 0.2) is 71.7 Å². The highest BCUT2D eigenvalue weighted by Crippen LogP contribution is 2.28. The van der Waals surface area contributed by atoms with Gasteiger partial charge in [-0.3, -0.25) is 0 Å². The number of nitrogens with zero attached hydrogens (tertiary/aromatic N) is 2. The predicted octanol–water partition coefficient (Wildman–Crippen LogP) is 4.88. The molecule has 0 saturated heterocycles. The maximum atomic E-state index is 5.84. The van der Waals surface area contributed by atoms with Crippen LogP contribution in [-0.2, 0) is 4.74 Å². The maximum absolute atomic E-state index is 5.84. The molecular formula is C22H20N2O.